The van der Waals surface area contributed by atoms with Gasteiger partial charge in [-0.1, -0.05) is 34.1 Å². The number of phenolic OH excluding ortho intramolecular Hbond substituents is 1. The fraction of sp³-hybridized carbons (Fsp3) is 0. The second kappa shape index (κ2) is 5.94. The lowest BCUT2D eigenvalue weighted by Gasteiger charge is -2.13. The molecule has 0 saturated carbocycles. The van der Waals surface area contributed by atoms with Crippen LogP contribution in [0.1, 0.15) is 5.56 Å². The smallest absolute Gasteiger partial charge is 0.231 e. The molecule has 3 aromatic heterocycles. The molecule has 6 nitrogen and oxygen atoms in total. The average molecular weight is 431 g/mol. The van der Waals surface area contributed by atoms with E-state index < -0.39 is 0 Å². The number of para-hydroxylation sites is 1. The van der Waals surface area contributed by atoms with Crippen LogP contribution in [0.25, 0.3) is 44.2 Å². The highest BCUT2D eigenvalue weighted by Gasteiger charge is 2.18. The first-order chi connectivity index (χ1) is 13.6. The molecule has 28 heavy (non-hydrogen) atoms. The third-order valence-electron chi connectivity index (χ3n) is 4.73. The Kier molecular flexibility index (Phi) is 3.51. The van der Waals surface area contributed by atoms with Crippen LogP contribution in [0.5, 0.6) is 5.75 Å². The van der Waals surface area contributed by atoms with Gasteiger partial charge in [0.15, 0.2) is 5.49 Å². The molecule has 0 spiro atoms. The Bertz CT molecular complexity index is 1530. The minimum atomic E-state index is -0.165. The molecule has 0 aliphatic carbocycles. The first kappa shape index (κ1) is 16.5. The lowest BCUT2D eigenvalue weighted by molar-refractivity contribution is 0.477. The van der Waals surface area contributed by atoms with Gasteiger partial charge in [0, 0.05) is 20.8 Å². The lowest BCUT2D eigenvalue weighted by Crippen LogP contribution is -2.12. The molecule has 0 bridgehead atoms. The van der Waals surface area contributed by atoms with Crippen molar-refractivity contribution in [2.24, 2.45) is 0 Å². The number of nitrogens with one attached hydrogen (secondary N) is 2. The van der Waals surface area contributed by atoms with Crippen molar-refractivity contribution in [3.05, 3.63) is 64.1 Å². The molecule has 134 valence electrons. The summed E-state index contributed by atoms with van der Waals surface area (Å²) in [5.41, 5.74) is 2.52. The van der Waals surface area contributed by atoms with Crippen LogP contribution >= 0.6 is 15.9 Å². The van der Waals surface area contributed by atoms with Crippen molar-refractivity contribution in [2.75, 3.05) is 0 Å². The largest absolute Gasteiger partial charge is 0.507 e. The maximum Gasteiger partial charge on any atom is 0.231 e. The molecule has 5 aromatic rings. The number of nitriles is 1. The summed E-state index contributed by atoms with van der Waals surface area (Å²) in [7, 11) is 0. The molecule has 3 N–H and O–H groups in total. The molecule has 0 radical (unpaired) electrons. The highest BCUT2D eigenvalue weighted by atomic mass is 79.9. The number of rotatable bonds is 1. The van der Waals surface area contributed by atoms with E-state index in [-0.39, 0.29) is 22.5 Å². The zero-order valence-corrected chi connectivity index (χ0v) is 15.8. The van der Waals surface area contributed by atoms with Gasteiger partial charge in [-0.05, 0) is 30.3 Å². The number of aromatic nitrogens is 2. The zero-order chi connectivity index (χ0) is 19.4. The van der Waals surface area contributed by atoms with Gasteiger partial charge in [0.05, 0.1) is 16.6 Å². The summed E-state index contributed by atoms with van der Waals surface area (Å²) in [6, 6.07) is 16.6. The second-order valence-electron chi connectivity index (χ2n) is 6.36. The van der Waals surface area contributed by atoms with Crippen LogP contribution < -0.4 is 5.49 Å². The van der Waals surface area contributed by atoms with Crippen LogP contribution in [0.2, 0.25) is 0 Å². The molecule has 0 fully saturated rings. The third kappa shape index (κ3) is 2.32. The van der Waals surface area contributed by atoms with E-state index in [9.17, 15) is 10.4 Å². The quantitative estimate of drug-likeness (QED) is 0.258. The predicted molar refractivity (Wildman–Crippen MR) is 109 cm³/mol. The summed E-state index contributed by atoms with van der Waals surface area (Å²) in [5, 5.41) is 30.5. The van der Waals surface area contributed by atoms with E-state index in [1.54, 1.807) is 18.2 Å². The van der Waals surface area contributed by atoms with Crippen LogP contribution in [0, 0.1) is 16.7 Å². The first-order valence-electron chi connectivity index (χ1n) is 8.38. The molecule has 2 aromatic carbocycles. The van der Waals surface area contributed by atoms with Crippen LogP contribution in [0.4, 0.5) is 0 Å². The number of nitrogens with zero attached hydrogens (tertiary/aromatic N) is 2. The van der Waals surface area contributed by atoms with E-state index in [1.807, 2.05) is 30.3 Å². The minimum absolute atomic E-state index is 0.102. The summed E-state index contributed by atoms with van der Waals surface area (Å²) in [6.45, 7) is 0. The van der Waals surface area contributed by atoms with Crippen molar-refractivity contribution in [2.45, 2.75) is 0 Å². The van der Waals surface area contributed by atoms with E-state index in [2.05, 4.69) is 32.0 Å². The molecule has 0 saturated heterocycles. The van der Waals surface area contributed by atoms with Crippen LogP contribution in [0.15, 0.2) is 57.4 Å². The molecule has 0 amide bonds. The van der Waals surface area contributed by atoms with Crippen LogP contribution in [0.3, 0.4) is 0 Å². The van der Waals surface area contributed by atoms with Crippen molar-refractivity contribution in [3.63, 3.8) is 0 Å². The SMILES string of the molecule is N#Cc1c(=N)nc2oc3ccccc3c3cc(-c4cc(Br)ccc4O)[nH]c1c23. The molecular formula is C21H11BrN4O2. The first-order valence-corrected chi connectivity index (χ1v) is 9.18. The van der Waals surface area contributed by atoms with E-state index in [4.69, 9.17) is 9.83 Å². The number of aromatic hydroxyl groups is 1. The van der Waals surface area contributed by atoms with Crippen molar-refractivity contribution in [1.29, 1.82) is 10.7 Å². The highest BCUT2D eigenvalue weighted by molar-refractivity contribution is 9.10. The van der Waals surface area contributed by atoms with Crippen molar-refractivity contribution in [3.8, 4) is 23.1 Å². The number of pyridine rings is 2. The van der Waals surface area contributed by atoms with Gasteiger partial charge in [0.2, 0.25) is 5.71 Å². The maximum atomic E-state index is 10.4. The lowest BCUT2D eigenvalue weighted by atomic mass is 10.0. The molecule has 7 heteroatoms. The number of hydrogen-bond donors (Lipinski definition) is 3. The molecule has 3 heterocycles. The minimum Gasteiger partial charge on any atom is -0.507 e. The predicted octanol–water partition coefficient (Wildman–Crippen LogP) is 4.95. The monoisotopic (exact) mass is 430 g/mol. The number of hydrogen-bond acceptors (Lipinski definition) is 5. The Hall–Kier alpha value is -3.63. The van der Waals surface area contributed by atoms with E-state index in [0.29, 0.717) is 27.7 Å². The Balaban J connectivity index is 2.06. The summed E-state index contributed by atoms with van der Waals surface area (Å²) in [5.74, 6) is 0.102. The number of halogens is 1. The Morgan fingerprint density at radius 1 is 1.14 bits per heavy atom. The van der Waals surface area contributed by atoms with Gasteiger partial charge in [-0.15, -0.1) is 0 Å². The van der Waals surface area contributed by atoms with Crippen LogP contribution in [-0.2, 0) is 0 Å². The van der Waals surface area contributed by atoms with E-state index in [1.165, 1.54) is 0 Å². The number of aromatic amines is 1. The number of H-pyrrole nitrogens is 1. The van der Waals surface area contributed by atoms with Gasteiger partial charge >= 0.3 is 0 Å². The fourth-order valence-electron chi connectivity index (χ4n) is 3.47. The maximum absolute atomic E-state index is 10.4. The van der Waals surface area contributed by atoms with Gasteiger partial charge in [-0.25, -0.2) is 0 Å². The number of fused-ring (bicyclic) bond motifs is 2. The van der Waals surface area contributed by atoms with Gasteiger partial charge in [0.25, 0.3) is 0 Å². The van der Waals surface area contributed by atoms with Crippen molar-refractivity contribution >= 4 is 48.9 Å². The number of phenols is 1. The number of benzene rings is 2. The van der Waals surface area contributed by atoms with Crippen molar-refractivity contribution in [1.82, 2.24) is 9.97 Å². The summed E-state index contributed by atoms with van der Waals surface area (Å²) in [4.78, 5) is 7.39. The Labute approximate surface area is 166 Å². The molecule has 5 rings (SSSR count). The third-order valence-corrected chi connectivity index (χ3v) is 5.22. The molecule has 0 aliphatic heterocycles. The fourth-order valence-corrected chi connectivity index (χ4v) is 3.83. The molecule has 0 atom stereocenters. The molecule has 0 aliphatic rings. The average Bonchev–Trinajstić information content (AvgIpc) is 2.69. The Morgan fingerprint density at radius 2 is 1.96 bits per heavy atom. The molecule has 0 unspecified atom stereocenters. The van der Waals surface area contributed by atoms with Gasteiger partial charge in [-0.3, -0.25) is 5.41 Å². The zero-order valence-electron chi connectivity index (χ0n) is 14.2. The van der Waals surface area contributed by atoms with Crippen LogP contribution in [-0.4, -0.2) is 15.1 Å². The van der Waals surface area contributed by atoms with E-state index in [0.717, 1.165) is 15.2 Å². The standard InChI is InChI=1S/C21H11BrN4O2/c22-10-5-6-16(27)13(7-10)15-8-12-11-3-1-2-4-17(11)28-21-18(12)19(25-15)14(9-23)20(24)26-21/h1-8,24-25,27H. The topological polar surface area (TPSA) is 110 Å². The van der Waals surface area contributed by atoms with Gasteiger partial charge in [0.1, 0.15) is 23.0 Å². The molecular weight excluding hydrogens is 420 g/mol. The summed E-state index contributed by atoms with van der Waals surface area (Å²) >= 11 is 3.43. The van der Waals surface area contributed by atoms with E-state index >= 15 is 0 Å². The van der Waals surface area contributed by atoms with Crippen molar-refractivity contribution < 1.29 is 9.52 Å². The normalized spacial score (nSPS) is 11.3. The van der Waals surface area contributed by atoms with Gasteiger partial charge in [-0.2, -0.15) is 10.2 Å². The van der Waals surface area contributed by atoms with Gasteiger partial charge < -0.3 is 14.5 Å². The summed E-state index contributed by atoms with van der Waals surface area (Å²) < 4.78 is 6.71. The Morgan fingerprint density at radius 3 is 2.79 bits per heavy atom. The second-order valence-corrected chi connectivity index (χ2v) is 7.27. The highest BCUT2D eigenvalue weighted by Crippen LogP contribution is 2.37. The summed E-state index contributed by atoms with van der Waals surface area (Å²) in [6.07, 6.45) is 0.